The van der Waals surface area contributed by atoms with Gasteiger partial charge in [-0.05, 0) is 31.0 Å². The molecule has 1 N–H and O–H groups in total. The van der Waals surface area contributed by atoms with Gasteiger partial charge in [0.2, 0.25) is 0 Å². The fraction of sp³-hybridized carbons (Fsp3) is 0.286. The fourth-order valence-corrected chi connectivity index (χ4v) is 2.22. The van der Waals surface area contributed by atoms with E-state index in [0.29, 0.717) is 22.3 Å². The number of hydrogen-bond acceptors (Lipinski definition) is 3. The Hall–Kier alpha value is -1.68. The summed E-state index contributed by atoms with van der Waals surface area (Å²) in [5.41, 5.74) is 1.61. The Kier molecular flexibility index (Phi) is 3.11. The quantitative estimate of drug-likeness (QED) is 0.926. The Morgan fingerprint density at radius 3 is 2.63 bits per heavy atom. The van der Waals surface area contributed by atoms with Crippen molar-refractivity contribution in [1.29, 1.82) is 0 Å². The summed E-state index contributed by atoms with van der Waals surface area (Å²) in [5, 5.41) is 3.36. The van der Waals surface area contributed by atoms with E-state index in [9.17, 15) is 4.39 Å². The Balaban J connectivity index is 2.09. The smallest absolute Gasteiger partial charge is 0.161 e. The molecule has 1 heterocycles. The molecule has 1 aliphatic rings. The van der Waals surface area contributed by atoms with E-state index in [4.69, 9.17) is 11.6 Å². The van der Waals surface area contributed by atoms with Crippen LogP contribution in [0.5, 0.6) is 0 Å². The molecule has 3 rings (SSSR count). The average molecular weight is 278 g/mol. The van der Waals surface area contributed by atoms with E-state index < -0.39 is 0 Å². The van der Waals surface area contributed by atoms with Crippen LogP contribution in [0.3, 0.4) is 0 Å². The summed E-state index contributed by atoms with van der Waals surface area (Å²) in [5.74, 6) is 1.38. The second kappa shape index (κ2) is 4.78. The molecule has 1 aromatic carbocycles. The van der Waals surface area contributed by atoms with Crippen molar-refractivity contribution in [2.75, 3.05) is 12.4 Å². The van der Waals surface area contributed by atoms with E-state index >= 15 is 0 Å². The first-order valence-corrected chi connectivity index (χ1v) is 6.56. The Morgan fingerprint density at radius 2 is 2.00 bits per heavy atom. The summed E-state index contributed by atoms with van der Waals surface area (Å²) in [6.07, 6.45) is 2.31. The molecule has 0 spiro atoms. The van der Waals surface area contributed by atoms with Gasteiger partial charge in [0.1, 0.15) is 11.6 Å². The van der Waals surface area contributed by atoms with Crippen LogP contribution in [-0.4, -0.2) is 17.0 Å². The molecule has 2 aromatic rings. The first-order valence-electron chi connectivity index (χ1n) is 6.19. The molecule has 1 aliphatic carbocycles. The summed E-state index contributed by atoms with van der Waals surface area (Å²) in [4.78, 5) is 8.89. The molecule has 98 valence electrons. The van der Waals surface area contributed by atoms with Crippen LogP contribution in [-0.2, 0) is 0 Å². The van der Waals surface area contributed by atoms with E-state index in [0.717, 1.165) is 24.4 Å². The zero-order chi connectivity index (χ0) is 13.4. The van der Waals surface area contributed by atoms with Gasteiger partial charge < -0.3 is 5.32 Å². The van der Waals surface area contributed by atoms with Crippen LogP contribution in [0.4, 0.5) is 10.2 Å². The molecule has 19 heavy (non-hydrogen) atoms. The number of nitrogens with one attached hydrogen (secondary N) is 1. The molecule has 0 radical (unpaired) electrons. The van der Waals surface area contributed by atoms with Crippen LogP contribution in [0.15, 0.2) is 24.3 Å². The van der Waals surface area contributed by atoms with Crippen molar-refractivity contribution < 1.29 is 4.39 Å². The first kappa shape index (κ1) is 12.4. The molecule has 1 saturated carbocycles. The van der Waals surface area contributed by atoms with Crippen LogP contribution in [0.25, 0.3) is 11.4 Å². The highest BCUT2D eigenvalue weighted by Crippen LogP contribution is 2.40. The standard InChI is InChI=1S/C14H13ClFN3/c1-17-13-7-12(8-2-3-8)18-14(19-13)9-4-10(15)6-11(16)5-9/h4-8H,2-3H2,1H3,(H,17,18,19). The van der Waals surface area contributed by atoms with Crippen molar-refractivity contribution in [2.24, 2.45) is 0 Å². The van der Waals surface area contributed by atoms with E-state index in [2.05, 4.69) is 15.3 Å². The molecule has 0 unspecified atom stereocenters. The SMILES string of the molecule is CNc1cc(C2CC2)nc(-c2cc(F)cc(Cl)c2)n1. The third kappa shape index (κ3) is 2.68. The van der Waals surface area contributed by atoms with E-state index in [1.165, 1.54) is 12.1 Å². The lowest BCUT2D eigenvalue weighted by atomic mass is 10.2. The molecule has 1 fully saturated rings. The van der Waals surface area contributed by atoms with E-state index in [1.54, 1.807) is 13.1 Å². The lowest BCUT2D eigenvalue weighted by Gasteiger charge is -2.08. The third-order valence-electron chi connectivity index (χ3n) is 3.12. The number of anilines is 1. The predicted molar refractivity (Wildman–Crippen MR) is 74.0 cm³/mol. The van der Waals surface area contributed by atoms with Gasteiger partial charge in [0.05, 0.1) is 0 Å². The van der Waals surface area contributed by atoms with Crippen molar-refractivity contribution >= 4 is 17.4 Å². The first-order chi connectivity index (χ1) is 9.15. The topological polar surface area (TPSA) is 37.8 Å². The highest BCUT2D eigenvalue weighted by molar-refractivity contribution is 6.30. The summed E-state index contributed by atoms with van der Waals surface area (Å²) >= 11 is 5.88. The van der Waals surface area contributed by atoms with Gasteiger partial charge in [0.25, 0.3) is 0 Å². The molecule has 0 atom stereocenters. The van der Waals surface area contributed by atoms with Crippen LogP contribution in [0.2, 0.25) is 5.02 Å². The third-order valence-corrected chi connectivity index (χ3v) is 3.34. The average Bonchev–Trinajstić information content (AvgIpc) is 3.21. The number of aromatic nitrogens is 2. The maximum absolute atomic E-state index is 13.4. The molecule has 3 nitrogen and oxygen atoms in total. The largest absolute Gasteiger partial charge is 0.373 e. The Bertz CT molecular complexity index is 606. The van der Waals surface area contributed by atoms with Crippen LogP contribution >= 0.6 is 11.6 Å². The van der Waals surface area contributed by atoms with Gasteiger partial charge in [0, 0.05) is 35.3 Å². The van der Waals surface area contributed by atoms with Gasteiger partial charge in [-0.2, -0.15) is 0 Å². The predicted octanol–water partition coefficient (Wildman–Crippen LogP) is 3.86. The van der Waals surface area contributed by atoms with E-state index in [1.807, 2.05) is 6.07 Å². The van der Waals surface area contributed by atoms with Crippen LogP contribution in [0.1, 0.15) is 24.5 Å². The minimum atomic E-state index is -0.381. The molecular weight excluding hydrogens is 265 g/mol. The highest BCUT2D eigenvalue weighted by atomic mass is 35.5. The highest BCUT2D eigenvalue weighted by Gasteiger charge is 2.26. The molecule has 0 amide bonds. The Morgan fingerprint density at radius 1 is 1.21 bits per heavy atom. The number of rotatable bonds is 3. The van der Waals surface area contributed by atoms with Gasteiger partial charge in [-0.15, -0.1) is 0 Å². The fourth-order valence-electron chi connectivity index (χ4n) is 1.99. The molecular formula is C14H13ClFN3. The van der Waals surface area contributed by atoms with Crippen molar-refractivity contribution in [3.63, 3.8) is 0 Å². The minimum absolute atomic E-state index is 0.349. The lowest BCUT2D eigenvalue weighted by Crippen LogP contribution is -2.00. The molecule has 0 aliphatic heterocycles. The second-order valence-electron chi connectivity index (χ2n) is 4.68. The number of halogens is 2. The van der Waals surface area contributed by atoms with Gasteiger partial charge in [0.15, 0.2) is 5.82 Å². The molecule has 1 aromatic heterocycles. The minimum Gasteiger partial charge on any atom is -0.373 e. The van der Waals surface area contributed by atoms with Crippen molar-refractivity contribution in [3.8, 4) is 11.4 Å². The number of benzene rings is 1. The normalized spacial score (nSPS) is 14.5. The summed E-state index contributed by atoms with van der Waals surface area (Å²) in [7, 11) is 1.81. The van der Waals surface area contributed by atoms with Gasteiger partial charge in [-0.25, -0.2) is 14.4 Å². The zero-order valence-corrected chi connectivity index (χ0v) is 11.2. The molecule has 0 bridgehead atoms. The second-order valence-corrected chi connectivity index (χ2v) is 5.12. The van der Waals surface area contributed by atoms with Gasteiger partial charge >= 0.3 is 0 Å². The lowest BCUT2D eigenvalue weighted by molar-refractivity contribution is 0.628. The molecule has 0 saturated heterocycles. The maximum atomic E-state index is 13.4. The van der Waals surface area contributed by atoms with Crippen LogP contribution < -0.4 is 5.32 Å². The monoisotopic (exact) mass is 277 g/mol. The molecule has 5 heteroatoms. The Labute approximate surface area is 115 Å². The van der Waals surface area contributed by atoms with Crippen LogP contribution in [0, 0.1) is 5.82 Å². The number of nitrogens with zero attached hydrogens (tertiary/aromatic N) is 2. The summed E-state index contributed by atoms with van der Waals surface area (Å²) in [6, 6.07) is 6.30. The summed E-state index contributed by atoms with van der Waals surface area (Å²) < 4.78 is 13.4. The zero-order valence-electron chi connectivity index (χ0n) is 10.5. The van der Waals surface area contributed by atoms with E-state index in [-0.39, 0.29) is 5.82 Å². The maximum Gasteiger partial charge on any atom is 0.161 e. The van der Waals surface area contributed by atoms with Crippen molar-refractivity contribution in [1.82, 2.24) is 9.97 Å². The summed E-state index contributed by atoms with van der Waals surface area (Å²) in [6.45, 7) is 0. The van der Waals surface area contributed by atoms with Gasteiger partial charge in [-0.1, -0.05) is 11.6 Å². The van der Waals surface area contributed by atoms with Gasteiger partial charge in [-0.3, -0.25) is 0 Å². The van der Waals surface area contributed by atoms with Crippen molar-refractivity contribution in [3.05, 3.63) is 40.8 Å². The number of hydrogen-bond donors (Lipinski definition) is 1. The van der Waals surface area contributed by atoms with Crippen molar-refractivity contribution in [2.45, 2.75) is 18.8 Å².